The van der Waals surface area contributed by atoms with Crippen molar-refractivity contribution in [3.8, 4) is 11.4 Å². The highest BCUT2D eigenvalue weighted by Crippen LogP contribution is 2.36. The topological polar surface area (TPSA) is 124 Å². The second kappa shape index (κ2) is 10.5. The third kappa shape index (κ3) is 5.93. The predicted octanol–water partition coefficient (Wildman–Crippen LogP) is 5.00. The van der Waals surface area contributed by atoms with E-state index in [2.05, 4.69) is 30.9 Å². The summed E-state index contributed by atoms with van der Waals surface area (Å²) in [4.78, 5) is 33.2. The van der Waals surface area contributed by atoms with E-state index in [1.807, 2.05) is 0 Å². The molecule has 0 aliphatic heterocycles. The largest absolute Gasteiger partial charge is 0.441 e. The molecule has 36 heavy (non-hydrogen) atoms. The van der Waals surface area contributed by atoms with Crippen LogP contribution in [0.25, 0.3) is 11.4 Å². The second-order valence-electron chi connectivity index (χ2n) is 8.52. The van der Waals surface area contributed by atoms with Gasteiger partial charge in [-0.05, 0) is 38.0 Å². The molecule has 0 spiro atoms. The molecule has 0 aromatic carbocycles. The minimum absolute atomic E-state index is 0.140. The average molecular weight is 520 g/mol. The highest BCUT2D eigenvalue weighted by Gasteiger charge is 2.37. The number of amides is 2. The predicted molar refractivity (Wildman–Crippen MR) is 128 cm³/mol. The molecule has 2 amide bonds. The average Bonchev–Trinajstić information content (AvgIpc) is 3.19. The van der Waals surface area contributed by atoms with E-state index in [9.17, 15) is 18.4 Å². The summed E-state index contributed by atoms with van der Waals surface area (Å²) in [6.45, 7) is 1.66. The van der Waals surface area contributed by atoms with Crippen LogP contribution in [0.5, 0.6) is 0 Å². The van der Waals surface area contributed by atoms with E-state index >= 15 is 0 Å². The number of carbonyl (C=O) groups is 2. The highest BCUT2D eigenvalue weighted by atomic mass is 35.5. The van der Waals surface area contributed by atoms with E-state index in [-0.39, 0.29) is 48.3 Å². The zero-order valence-corrected chi connectivity index (χ0v) is 20.3. The molecule has 190 valence electrons. The molecule has 1 fully saturated rings. The van der Waals surface area contributed by atoms with Crippen molar-refractivity contribution in [1.82, 2.24) is 25.0 Å². The Morgan fingerprint density at radius 1 is 1.19 bits per heavy atom. The van der Waals surface area contributed by atoms with E-state index in [1.54, 1.807) is 38.2 Å². The quantitative estimate of drug-likeness (QED) is 0.439. The van der Waals surface area contributed by atoms with Crippen molar-refractivity contribution in [2.45, 2.75) is 44.6 Å². The van der Waals surface area contributed by atoms with Crippen LogP contribution in [0.2, 0.25) is 5.15 Å². The fraction of sp³-hybridized carbons (Fsp3) is 0.391. The summed E-state index contributed by atoms with van der Waals surface area (Å²) in [7, 11) is 1.59. The van der Waals surface area contributed by atoms with Crippen molar-refractivity contribution in [2.75, 3.05) is 10.6 Å². The number of carbonyl (C=O) groups excluding carboxylic acids is 2. The van der Waals surface area contributed by atoms with Gasteiger partial charge < -0.3 is 10.1 Å². The standard InChI is InChI=1S/C23H24ClF2N7O3/c1-13(16-4-3-11-27-19(16)24)36-22(35)30-20-18(31-32-33(20)2)17-6-5-15(12-28-17)29-21(34)14-7-9-23(25,26)10-8-14/h3-6,11-14H,7-10H2,1-2H3,(H,29,34)(H,30,35)/t13-/m1/s1. The third-order valence-corrected chi connectivity index (χ3v) is 6.23. The number of hydrogen-bond acceptors (Lipinski definition) is 7. The number of nitrogens with one attached hydrogen (secondary N) is 2. The Kier molecular flexibility index (Phi) is 7.43. The number of nitrogens with zero attached hydrogens (tertiary/aromatic N) is 5. The molecule has 1 saturated carbocycles. The molecule has 3 aromatic heterocycles. The monoisotopic (exact) mass is 519 g/mol. The number of anilines is 2. The van der Waals surface area contributed by atoms with Crippen LogP contribution in [0.15, 0.2) is 36.7 Å². The Bertz CT molecular complexity index is 1240. The van der Waals surface area contributed by atoms with Crippen LogP contribution in [0.1, 0.15) is 44.3 Å². The van der Waals surface area contributed by atoms with Crippen LogP contribution in [-0.2, 0) is 16.6 Å². The number of alkyl halides is 2. The van der Waals surface area contributed by atoms with Crippen LogP contribution in [0, 0.1) is 5.92 Å². The lowest BCUT2D eigenvalue weighted by molar-refractivity contribution is -0.124. The molecule has 1 aliphatic carbocycles. The number of hydrogen-bond donors (Lipinski definition) is 2. The first-order chi connectivity index (χ1) is 17.1. The van der Waals surface area contributed by atoms with Crippen molar-refractivity contribution < 1.29 is 23.1 Å². The van der Waals surface area contributed by atoms with Crippen molar-refractivity contribution in [2.24, 2.45) is 13.0 Å². The van der Waals surface area contributed by atoms with E-state index in [0.29, 0.717) is 16.9 Å². The van der Waals surface area contributed by atoms with Gasteiger partial charge in [0, 0.05) is 37.6 Å². The normalized spacial score (nSPS) is 16.2. The van der Waals surface area contributed by atoms with Gasteiger partial charge >= 0.3 is 6.09 Å². The van der Waals surface area contributed by atoms with Gasteiger partial charge in [-0.25, -0.2) is 23.2 Å². The van der Waals surface area contributed by atoms with Crippen LogP contribution in [-0.4, -0.2) is 42.9 Å². The Hall–Kier alpha value is -3.67. The summed E-state index contributed by atoms with van der Waals surface area (Å²) in [6, 6.07) is 6.61. The molecule has 0 saturated heterocycles. The van der Waals surface area contributed by atoms with Gasteiger partial charge in [-0.3, -0.25) is 15.1 Å². The summed E-state index contributed by atoms with van der Waals surface area (Å²) in [6.07, 6.45) is 1.24. The van der Waals surface area contributed by atoms with Crippen LogP contribution < -0.4 is 10.6 Å². The minimum Gasteiger partial charge on any atom is -0.441 e. The number of rotatable bonds is 6. The van der Waals surface area contributed by atoms with E-state index in [1.165, 1.54) is 17.1 Å². The van der Waals surface area contributed by atoms with Gasteiger partial charge in [-0.2, -0.15) is 0 Å². The van der Waals surface area contributed by atoms with Crippen LogP contribution in [0.4, 0.5) is 25.1 Å². The van der Waals surface area contributed by atoms with Crippen LogP contribution in [0.3, 0.4) is 0 Å². The Morgan fingerprint density at radius 3 is 2.61 bits per heavy atom. The summed E-state index contributed by atoms with van der Waals surface area (Å²) in [5, 5.41) is 13.6. The number of halogens is 3. The summed E-state index contributed by atoms with van der Waals surface area (Å²) >= 11 is 6.06. The van der Waals surface area contributed by atoms with Gasteiger partial charge in [0.1, 0.15) is 11.3 Å². The van der Waals surface area contributed by atoms with Crippen LogP contribution >= 0.6 is 11.6 Å². The smallest absolute Gasteiger partial charge is 0.413 e. The Morgan fingerprint density at radius 2 is 1.94 bits per heavy atom. The maximum Gasteiger partial charge on any atom is 0.413 e. The molecule has 3 heterocycles. The zero-order chi connectivity index (χ0) is 25.9. The summed E-state index contributed by atoms with van der Waals surface area (Å²) in [5.41, 5.74) is 1.64. The van der Waals surface area contributed by atoms with Gasteiger partial charge in [-0.1, -0.05) is 22.9 Å². The molecule has 0 unspecified atom stereocenters. The maximum absolute atomic E-state index is 13.3. The van der Waals surface area contributed by atoms with Crippen molar-refractivity contribution in [3.05, 3.63) is 47.4 Å². The van der Waals surface area contributed by atoms with Gasteiger partial charge in [-0.15, -0.1) is 5.10 Å². The molecule has 0 radical (unpaired) electrons. The van der Waals surface area contributed by atoms with E-state index in [4.69, 9.17) is 16.3 Å². The molecule has 4 rings (SSSR count). The molecular weight excluding hydrogens is 496 g/mol. The first-order valence-corrected chi connectivity index (χ1v) is 11.6. The molecule has 13 heteroatoms. The lowest BCUT2D eigenvalue weighted by atomic mass is 9.86. The third-order valence-electron chi connectivity index (χ3n) is 5.92. The lowest BCUT2D eigenvalue weighted by Crippen LogP contribution is -2.31. The maximum atomic E-state index is 13.3. The SMILES string of the molecule is C[C@@H](OC(=O)Nc1c(-c2ccc(NC(=O)C3CCC(F)(F)CC3)cn2)nnn1C)c1cccnc1Cl. The Balaban J connectivity index is 1.40. The molecule has 0 bridgehead atoms. The summed E-state index contributed by atoms with van der Waals surface area (Å²) in [5.74, 6) is -3.22. The van der Waals surface area contributed by atoms with Gasteiger partial charge in [0.2, 0.25) is 11.8 Å². The van der Waals surface area contributed by atoms with Gasteiger partial charge in [0.05, 0.1) is 17.6 Å². The van der Waals surface area contributed by atoms with Gasteiger partial charge in [0.25, 0.3) is 0 Å². The molecule has 3 aromatic rings. The van der Waals surface area contributed by atoms with Crippen molar-refractivity contribution in [1.29, 1.82) is 0 Å². The molecule has 1 aliphatic rings. The number of aromatic nitrogens is 5. The number of ether oxygens (including phenoxy) is 1. The van der Waals surface area contributed by atoms with E-state index < -0.39 is 24.0 Å². The first-order valence-electron chi connectivity index (χ1n) is 11.3. The molecular formula is C23H24ClF2N7O3. The number of pyridine rings is 2. The van der Waals surface area contributed by atoms with E-state index in [0.717, 1.165) is 0 Å². The highest BCUT2D eigenvalue weighted by molar-refractivity contribution is 6.30. The zero-order valence-electron chi connectivity index (χ0n) is 19.5. The summed E-state index contributed by atoms with van der Waals surface area (Å²) < 4.78 is 33.5. The Labute approximate surface area is 210 Å². The first kappa shape index (κ1) is 25.4. The van der Waals surface area contributed by atoms with Crippen molar-refractivity contribution >= 4 is 35.1 Å². The molecule has 10 nitrogen and oxygen atoms in total. The molecule has 2 N–H and O–H groups in total. The fourth-order valence-electron chi connectivity index (χ4n) is 3.88. The second-order valence-corrected chi connectivity index (χ2v) is 8.88. The molecule has 1 atom stereocenters. The fourth-order valence-corrected chi connectivity index (χ4v) is 4.15. The number of aryl methyl sites for hydroxylation is 1. The lowest BCUT2D eigenvalue weighted by Gasteiger charge is -2.27. The minimum atomic E-state index is -2.70. The van der Waals surface area contributed by atoms with Gasteiger partial charge in [0.15, 0.2) is 11.5 Å². The van der Waals surface area contributed by atoms with Crippen molar-refractivity contribution in [3.63, 3.8) is 0 Å².